The highest BCUT2D eigenvalue weighted by Crippen LogP contribution is 2.23. The Morgan fingerprint density at radius 1 is 0.828 bits per heavy atom. The highest BCUT2D eigenvalue weighted by molar-refractivity contribution is 6.05. The van der Waals surface area contributed by atoms with Crippen LogP contribution < -0.4 is 10.6 Å². The maximum Gasteiger partial charge on any atom is 0.255 e. The Labute approximate surface area is 165 Å². The topological polar surface area (TPSA) is 98.7 Å². The van der Waals surface area contributed by atoms with E-state index >= 15 is 0 Å². The van der Waals surface area contributed by atoms with Crippen LogP contribution >= 0.6 is 0 Å². The molecule has 0 spiro atoms. The molecule has 29 heavy (non-hydrogen) atoms. The molecule has 6 nitrogen and oxygen atoms in total. The molecular weight excluding hydrogens is 375 g/mol. The number of carbonyl (C=O) groups excluding carboxylic acids is 2. The first-order chi connectivity index (χ1) is 13.9. The van der Waals surface area contributed by atoms with Gasteiger partial charge in [0.15, 0.2) is 0 Å². The van der Waals surface area contributed by atoms with Crippen molar-refractivity contribution in [3.05, 3.63) is 89.8 Å². The molecular formula is C22H17FN2O4. The van der Waals surface area contributed by atoms with Crippen molar-refractivity contribution >= 4 is 29.3 Å². The van der Waals surface area contributed by atoms with Gasteiger partial charge in [-0.25, -0.2) is 4.39 Å². The largest absolute Gasteiger partial charge is 0.508 e. The summed E-state index contributed by atoms with van der Waals surface area (Å²) in [6.07, 6.45) is 2.60. The summed E-state index contributed by atoms with van der Waals surface area (Å²) in [5, 5.41) is 24.4. The average Bonchev–Trinajstić information content (AvgIpc) is 2.70. The highest BCUT2D eigenvalue weighted by Gasteiger charge is 2.07. The predicted molar refractivity (Wildman–Crippen MR) is 108 cm³/mol. The summed E-state index contributed by atoms with van der Waals surface area (Å²) in [5.74, 6) is -1.32. The van der Waals surface area contributed by atoms with Gasteiger partial charge >= 0.3 is 0 Å². The van der Waals surface area contributed by atoms with Gasteiger partial charge in [-0.2, -0.15) is 0 Å². The fraction of sp³-hybridized carbons (Fsp3) is 0. The second-order valence-electron chi connectivity index (χ2n) is 6.10. The van der Waals surface area contributed by atoms with Crippen LogP contribution in [0, 0.1) is 5.82 Å². The first-order valence-electron chi connectivity index (χ1n) is 8.59. The molecule has 0 saturated carbocycles. The lowest BCUT2D eigenvalue weighted by molar-refractivity contribution is -0.111. The third-order valence-electron chi connectivity index (χ3n) is 3.94. The number of anilines is 2. The molecule has 0 fully saturated rings. The van der Waals surface area contributed by atoms with Crippen molar-refractivity contribution in [2.75, 3.05) is 10.6 Å². The smallest absolute Gasteiger partial charge is 0.255 e. The molecule has 0 unspecified atom stereocenters. The molecule has 0 atom stereocenters. The van der Waals surface area contributed by atoms with Gasteiger partial charge in [0.1, 0.15) is 17.3 Å². The van der Waals surface area contributed by atoms with E-state index in [0.29, 0.717) is 22.5 Å². The number of aromatic hydroxyl groups is 2. The van der Waals surface area contributed by atoms with Gasteiger partial charge in [-0.15, -0.1) is 0 Å². The molecule has 4 N–H and O–H groups in total. The number of halogens is 1. The van der Waals surface area contributed by atoms with E-state index in [-0.39, 0.29) is 17.4 Å². The van der Waals surface area contributed by atoms with E-state index in [4.69, 9.17) is 0 Å². The first-order valence-corrected chi connectivity index (χ1v) is 8.59. The summed E-state index contributed by atoms with van der Waals surface area (Å²) in [7, 11) is 0. The van der Waals surface area contributed by atoms with Crippen LogP contribution in [0.4, 0.5) is 15.8 Å². The molecule has 3 aromatic rings. The first kappa shape index (κ1) is 19.6. The van der Waals surface area contributed by atoms with Gasteiger partial charge < -0.3 is 20.8 Å². The van der Waals surface area contributed by atoms with Crippen molar-refractivity contribution in [2.24, 2.45) is 0 Å². The second-order valence-corrected chi connectivity index (χ2v) is 6.10. The lowest BCUT2D eigenvalue weighted by atomic mass is 10.1. The minimum atomic E-state index is -0.434. The lowest BCUT2D eigenvalue weighted by Crippen LogP contribution is -2.12. The van der Waals surface area contributed by atoms with E-state index in [9.17, 15) is 24.2 Å². The minimum Gasteiger partial charge on any atom is -0.508 e. The third kappa shape index (κ3) is 5.43. The molecule has 3 rings (SSSR count). The second kappa shape index (κ2) is 8.71. The molecule has 7 heteroatoms. The van der Waals surface area contributed by atoms with E-state index in [0.717, 1.165) is 0 Å². The third-order valence-corrected chi connectivity index (χ3v) is 3.94. The molecule has 0 aliphatic carbocycles. The lowest BCUT2D eigenvalue weighted by Gasteiger charge is -2.07. The predicted octanol–water partition coefficient (Wildman–Crippen LogP) is 4.14. The van der Waals surface area contributed by atoms with Crippen molar-refractivity contribution in [3.8, 4) is 11.5 Å². The average molecular weight is 392 g/mol. The van der Waals surface area contributed by atoms with Gasteiger partial charge in [-0.3, -0.25) is 9.59 Å². The normalized spacial score (nSPS) is 10.7. The number of carbonyl (C=O) groups is 2. The SMILES string of the molecule is O=C(C=Cc1cc(O)ccc1O)Nc1ccc(NC(=O)c2ccc(F)cc2)cc1. The van der Waals surface area contributed by atoms with E-state index in [1.54, 1.807) is 24.3 Å². The molecule has 0 bridgehead atoms. The molecule has 0 aliphatic heterocycles. The van der Waals surface area contributed by atoms with Gasteiger partial charge in [0.25, 0.3) is 5.91 Å². The number of hydrogen-bond donors (Lipinski definition) is 4. The Bertz CT molecular complexity index is 1060. The Kier molecular flexibility index (Phi) is 5.89. The van der Waals surface area contributed by atoms with Crippen LogP contribution in [0.3, 0.4) is 0 Å². The highest BCUT2D eigenvalue weighted by atomic mass is 19.1. The number of rotatable bonds is 5. The molecule has 0 radical (unpaired) electrons. The van der Waals surface area contributed by atoms with Crippen LogP contribution in [0.5, 0.6) is 11.5 Å². The summed E-state index contributed by atoms with van der Waals surface area (Å²) < 4.78 is 12.9. The van der Waals surface area contributed by atoms with Crippen LogP contribution in [0.1, 0.15) is 15.9 Å². The fourth-order valence-corrected chi connectivity index (χ4v) is 2.47. The zero-order chi connectivity index (χ0) is 20.8. The summed E-state index contributed by atoms with van der Waals surface area (Å²) in [4.78, 5) is 24.1. The Hall–Kier alpha value is -4.13. The van der Waals surface area contributed by atoms with E-state index in [1.165, 1.54) is 54.6 Å². The van der Waals surface area contributed by atoms with Crippen molar-refractivity contribution in [2.45, 2.75) is 0 Å². The zero-order valence-corrected chi connectivity index (χ0v) is 15.1. The standard InChI is InChI=1S/C22H17FN2O4/c23-16-4-1-14(2-5-16)22(29)25-18-8-6-17(7-9-18)24-21(28)12-3-15-13-19(26)10-11-20(15)27/h1-13,26-27H,(H,24,28)(H,25,29). The number of nitrogens with one attached hydrogen (secondary N) is 2. The molecule has 3 aromatic carbocycles. The number of phenols is 2. The monoisotopic (exact) mass is 392 g/mol. The molecule has 2 amide bonds. The van der Waals surface area contributed by atoms with Gasteiger partial charge in [-0.05, 0) is 72.8 Å². The Morgan fingerprint density at radius 3 is 2.10 bits per heavy atom. The van der Waals surface area contributed by atoms with Crippen LogP contribution in [0.2, 0.25) is 0 Å². The van der Waals surface area contributed by atoms with E-state index < -0.39 is 11.7 Å². The minimum absolute atomic E-state index is 0.0267. The van der Waals surface area contributed by atoms with Crippen LogP contribution in [-0.4, -0.2) is 22.0 Å². The Balaban J connectivity index is 1.59. The van der Waals surface area contributed by atoms with Gasteiger partial charge in [-0.1, -0.05) is 0 Å². The van der Waals surface area contributed by atoms with Crippen molar-refractivity contribution in [1.82, 2.24) is 0 Å². The van der Waals surface area contributed by atoms with Crippen LogP contribution in [-0.2, 0) is 4.79 Å². The van der Waals surface area contributed by atoms with Crippen molar-refractivity contribution < 1.29 is 24.2 Å². The number of amides is 2. The van der Waals surface area contributed by atoms with E-state index in [1.807, 2.05) is 0 Å². The number of hydrogen-bond acceptors (Lipinski definition) is 4. The maximum absolute atomic E-state index is 12.9. The quantitative estimate of drug-likeness (QED) is 0.387. The zero-order valence-electron chi connectivity index (χ0n) is 15.1. The number of benzene rings is 3. The summed E-state index contributed by atoms with van der Waals surface area (Å²) in [6, 6.07) is 15.6. The van der Waals surface area contributed by atoms with Crippen molar-refractivity contribution in [1.29, 1.82) is 0 Å². The Morgan fingerprint density at radius 2 is 1.45 bits per heavy atom. The van der Waals surface area contributed by atoms with Gasteiger partial charge in [0.2, 0.25) is 5.91 Å². The van der Waals surface area contributed by atoms with Gasteiger partial charge in [0, 0.05) is 28.6 Å². The fourth-order valence-electron chi connectivity index (χ4n) is 2.47. The maximum atomic E-state index is 12.9. The molecule has 146 valence electrons. The summed E-state index contributed by atoms with van der Waals surface area (Å²) >= 11 is 0. The molecule has 0 aliphatic rings. The molecule has 0 saturated heterocycles. The van der Waals surface area contributed by atoms with Crippen LogP contribution in [0.25, 0.3) is 6.08 Å². The molecule has 0 heterocycles. The summed E-state index contributed by atoms with van der Waals surface area (Å²) in [6.45, 7) is 0. The van der Waals surface area contributed by atoms with Gasteiger partial charge in [0.05, 0.1) is 0 Å². The summed E-state index contributed by atoms with van der Waals surface area (Å²) in [5.41, 5.74) is 1.64. The van der Waals surface area contributed by atoms with Crippen LogP contribution in [0.15, 0.2) is 72.8 Å². The number of phenolic OH excluding ortho intramolecular Hbond substituents is 2. The van der Waals surface area contributed by atoms with Crippen molar-refractivity contribution in [3.63, 3.8) is 0 Å². The molecule has 0 aromatic heterocycles. The van der Waals surface area contributed by atoms with E-state index in [2.05, 4.69) is 10.6 Å².